The third-order valence-corrected chi connectivity index (χ3v) is 3.05. The predicted molar refractivity (Wildman–Crippen MR) is 70.9 cm³/mol. The van der Waals surface area contributed by atoms with E-state index in [0.717, 1.165) is 18.4 Å². The second-order valence-corrected chi connectivity index (χ2v) is 4.88. The van der Waals surface area contributed by atoms with Gasteiger partial charge in [0.15, 0.2) is 0 Å². The molecule has 90 valence electrons. The van der Waals surface area contributed by atoms with Crippen molar-refractivity contribution in [3.05, 3.63) is 42.1 Å². The fourth-order valence-electron chi connectivity index (χ4n) is 2.37. The van der Waals surface area contributed by atoms with Crippen molar-refractivity contribution >= 4 is 10.9 Å². The van der Waals surface area contributed by atoms with E-state index in [2.05, 4.69) is 24.0 Å². The highest BCUT2D eigenvalue weighted by Crippen LogP contribution is 2.21. The topological polar surface area (TPSA) is 33.1 Å². The number of aliphatic hydroxyl groups excluding tert-OH is 1. The van der Waals surface area contributed by atoms with Crippen LogP contribution in [0.5, 0.6) is 0 Å². The SMILES string of the molecule is CC(O)CC(C)Cc1ccnc2ccccc12. The van der Waals surface area contributed by atoms with Crippen molar-refractivity contribution < 1.29 is 5.11 Å². The average Bonchev–Trinajstić information content (AvgIpc) is 2.28. The molecule has 0 saturated carbocycles. The van der Waals surface area contributed by atoms with Crippen LogP contribution in [0, 0.1) is 5.92 Å². The van der Waals surface area contributed by atoms with E-state index in [9.17, 15) is 5.11 Å². The summed E-state index contributed by atoms with van der Waals surface area (Å²) in [5.41, 5.74) is 2.37. The molecule has 2 unspecified atom stereocenters. The Morgan fingerprint density at radius 2 is 1.94 bits per heavy atom. The summed E-state index contributed by atoms with van der Waals surface area (Å²) in [6.07, 6.45) is 3.48. The zero-order valence-electron chi connectivity index (χ0n) is 10.4. The highest BCUT2D eigenvalue weighted by Gasteiger charge is 2.09. The number of hydrogen-bond donors (Lipinski definition) is 1. The van der Waals surface area contributed by atoms with Crippen molar-refractivity contribution in [1.29, 1.82) is 0 Å². The van der Waals surface area contributed by atoms with Crippen molar-refractivity contribution in [3.8, 4) is 0 Å². The maximum Gasteiger partial charge on any atom is 0.0704 e. The minimum absolute atomic E-state index is 0.224. The number of aliphatic hydroxyl groups is 1. The Hall–Kier alpha value is -1.41. The van der Waals surface area contributed by atoms with Gasteiger partial charge in [0.2, 0.25) is 0 Å². The van der Waals surface area contributed by atoms with Gasteiger partial charge in [0.1, 0.15) is 0 Å². The van der Waals surface area contributed by atoms with E-state index in [1.54, 1.807) is 0 Å². The third kappa shape index (κ3) is 3.04. The van der Waals surface area contributed by atoms with E-state index in [-0.39, 0.29) is 6.10 Å². The molecule has 0 radical (unpaired) electrons. The standard InChI is InChI=1S/C15H19NO/c1-11(9-12(2)17)10-13-7-8-16-15-6-4-3-5-14(13)15/h3-8,11-12,17H,9-10H2,1-2H3. The number of fused-ring (bicyclic) bond motifs is 1. The Morgan fingerprint density at radius 3 is 2.71 bits per heavy atom. The van der Waals surface area contributed by atoms with Gasteiger partial charge in [0.05, 0.1) is 11.6 Å². The minimum Gasteiger partial charge on any atom is -0.393 e. The van der Waals surface area contributed by atoms with Crippen LogP contribution in [0.1, 0.15) is 25.8 Å². The van der Waals surface area contributed by atoms with Crippen LogP contribution < -0.4 is 0 Å². The van der Waals surface area contributed by atoms with Crippen LogP contribution in [0.2, 0.25) is 0 Å². The van der Waals surface area contributed by atoms with E-state index in [0.29, 0.717) is 5.92 Å². The third-order valence-electron chi connectivity index (χ3n) is 3.05. The summed E-state index contributed by atoms with van der Waals surface area (Å²) in [4.78, 5) is 4.36. The van der Waals surface area contributed by atoms with Crippen molar-refractivity contribution in [3.63, 3.8) is 0 Å². The molecule has 1 heterocycles. The van der Waals surface area contributed by atoms with Gasteiger partial charge in [-0.15, -0.1) is 0 Å². The van der Waals surface area contributed by atoms with E-state index in [4.69, 9.17) is 0 Å². The molecule has 1 aromatic carbocycles. The summed E-state index contributed by atoms with van der Waals surface area (Å²) >= 11 is 0. The fourth-order valence-corrected chi connectivity index (χ4v) is 2.37. The van der Waals surface area contributed by atoms with E-state index < -0.39 is 0 Å². The lowest BCUT2D eigenvalue weighted by molar-refractivity contribution is 0.164. The van der Waals surface area contributed by atoms with Gasteiger partial charge in [-0.1, -0.05) is 25.1 Å². The molecule has 17 heavy (non-hydrogen) atoms. The molecule has 0 aliphatic heterocycles. The van der Waals surface area contributed by atoms with Crippen LogP contribution in [0.4, 0.5) is 0 Å². The maximum absolute atomic E-state index is 9.40. The molecule has 2 atom stereocenters. The zero-order valence-corrected chi connectivity index (χ0v) is 10.4. The van der Waals surface area contributed by atoms with Crippen molar-refractivity contribution in [2.24, 2.45) is 5.92 Å². The molecule has 2 aromatic rings. The number of benzene rings is 1. The molecule has 1 aromatic heterocycles. The normalized spacial score (nSPS) is 14.8. The van der Waals surface area contributed by atoms with Crippen molar-refractivity contribution in [1.82, 2.24) is 4.98 Å². The highest BCUT2D eigenvalue weighted by molar-refractivity contribution is 5.81. The first kappa shape index (κ1) is 12.1. The monoisotopic (exact) mass is 229 g/mol. The molecule has 0 spiro atoms. The number of hydrogen-bond acceptors (Lipinski definition) is 2. The summed E-state index contributed by atoms with van der Waals surface area (Å²) in [6, 6.07) is 10.3. The summed E-state index contributed by atoms with van der Waals surface area (Å²) in [6.45, 7) is 4.03. The summed E-state index contributed by atoms with van der Waals surface area (Å²) in [7, 11) is 0. The molecule has 0 aliphatic rings. The Kier molecular flexibility index (Phi) is 3.75. The Balaban J connectivity index is 2.24. The Labute approximate surface area is 102 Å². The number of aromatic nitrogens is 1. The summed E-state index contributed by atoms with van der Waals surface area (Å²) < 4.78 is 0. The number of para-hydroxylation sites is 1. The highest BCUT2D eigenvalue weighted by atomic mass is 16.3. The van der Waals surface area contributed by atoms with Crippen LogP contribution in [0.3, 0.4) is 0 Å². The molecule has 0 bridgehead atoms. The number of rotatable bonds is 4. The molecular weight excluding hydrogens is 210 g/mol. The molecule has 2 nitrogen and oxygen atoms in total. The Morgan fingerprint density at radius 1 is 1.18 bits per heavy atom. The van der Waals surface area contributed by atoms with Crippen LogP contribution in [-0.2, 0) is 6.42 Å². The predicted octanol–water partition coefficient (Wildman–Crippen LogP) is 3.18. The average molecular weight is 229 g/mol. The lowest BCUT2D eigenvalue weighted by Gasteiger charge is -2.14. The van der Waals surface area contributed by atoms with Crippen LogP contribution >= 0.6 is 0 Å². The second kappa shape index (κ2) is 5.28. The maximum atomic E-state index is 9.40. The largest absolute Gasteiger partial charge is 0.393 e. The van der Waals surface area contributed by atoms with Crippen LogP contribution in [-0.4, -0.2) is 16.2 Å². The lowest BCUT2D eigenvalue weighted by atomic mass is 9.94. The molecule has 0 fully saturated rings. The number of pyridine rings is 1. The second-order valence-electron chi connectivity index (χ2n) is 4.88. The van der Waals surface area contributed by atoms with E-state index >= 15 is 0 Å². The summed E-state index contributed by atoms with van der Waals surface area (Å²) in [5.74, 6) is 0.487. The van der Waals surface area contributed by atoms with Crippen LogP contribution in [0.15, 0.2) is 36.5 Å². The molecular formula is C15H19NO. The molecule has 0 saturated heterocycles. The van der Waals surface area contributed by atoms with Gasteiger partial charge in [0.25, 0.3) is 0 Å². The van der Waals surface area contributed by atoms with E-state index in [1.807, 2.05) is 31.3 Å². The Bertz CT molecular complexity index is 488. The number of nitrogens with zero attached hydrogens (tertiary/aromatic N) is 1. The lowest BCUT2D eigenvalue weighted by Crippen LogP contribution is -2.09. The fraction of sp³-hybridized carbons (Fsp3) is 0.400. The van der Waals surface area contributed by atoms with Crippen LogP contribution in [0.25, 0.3) is 10.9 Å². The van der Waals surface area contributed by atoms with Crippen molar-refractivity contribution in [2.75, 3.05) is 0 Å². The van der Waals surface area contributed by atoms with Gasteiger partial charge in [-0.3, -0.25) is 4.98 Å². The molecule has 1 N–H and O–H groups in total. The quantitative estimate of drug-likeness (QED) is 0.873. The van der Waals surface area contributed by atoms with E-state index in [1.165, 1.54) is 10.9 Å². The van der Waals surface area contributed by atoms with Gasteiger partial charge >= 0.3 is 0 Å². The summed E-state index contributed by atoms with van der Waals surface area (Å²) in [5, 5.41) is 10.6. The van der Waals surface area contributed by atoms with Crippen molar-refractivity contribution in [2.45, 2.75) is 32.8 Å². The van der Waals surface area contributed by atoms with Gasteiger partial charge in [-0.05, 0) is 43.4 Å². The van der Waals surface area contributed by atoms with Gasteiger partial charge in [-0.25, -0.2) is 0 Å². The molecule has 2 heteroatoms. The van der Waals surface area contributed by atoms with Gasteiger partial charge in [-0.2, -0.15) is 0 Å². The zero-order chi connectivity index (χ0) is 12.3. The smallest absolute Gasteiger partial charge is 0.0704 e. The first-order valence-corrected chi connectivity index (χ1v) is 6.17. The molecule has 0 aliphatic carbocycles. The molecule has 0 amide bonds. The first-order chi connectivity index (χ1) is 8.16. The van der Waals surface area contributed by atoms with Gasteiger partial charge in [0, 0.05) is 11.6 Å². The molecule has 2 rings (SSSR count). The first-order valence-electron chi connectivity index (χ1n) is 6.17. The minimum atomic E-state index is -0.224. The van der Waals surface area contributed by atoms with Gasteiger partial charge < -0.3 is 5.11 Å².